The molecule has 3 amide bonds. The number of pyridine rings is 1. The summed E-state index contributed by atoms with van der Waals surface area (Å²) in [5.74, 6) is -1.29. The van der Waals surface area contributed by atoms with Crippen LogP contribution in [0.5, 0.6) is 5.75 Å². The standard InChI is InChI=1S/C25H31Cl2N5O4/c1-15(2)11-20(30-22(33)14-36-21-6-5-18(26)12-19(21)27)24(34)31-23(16(3)4)25(35)32-29-13-17-7-9-28-10-8-17/h5-10,12-13,15-16,20,23H,11,14H2,1-4H3,(H,30,33)(H,31,34)(H,32,35)/b29-13+. The summed E-state index contributed by atoms with van der Waals surface area (Å²) < 4.78 is 5.46. The Bertz CT molecular complexity index is 1060. The molecule has 0 aliphatic rings. The van der Waals surface area contributed by atoms with Gasteiger partial charge in [-0.1, -0.05) is 50.9 Å². The number of carbonyl (C=O) groups excluding carboxylic acids is 3. The van der Waals surface area contributed by atoms with Crippen molar-refractivity contribution in [3.05, 3.63) is 58.3 Å². The van der Waals surface area contributed by atoms with Crippen molar-refractivity contribution in [2.24, 2.45) is 16.9 Å². The number of nitrogens with zero attached hydrogens (tertiary/aromatic N) is 2. The molecule has 1 aromatic heterocycles. The van der Waals surface area contributed by atoms with Crippen LogP contribution in [-0.2, 0) is 14.4 Å². The van der Waals surface area contributed by atoms with Gasteiger partial charge in [-0.25, -0.2) is 5.43 Å². The van der Waals surface area contributed by atoms with Crippen LogP contribution in [0, 0.1) is 11.8 Å². The molecule has 0 saturated carbocycles. The first-order valence-corrected chi connectivity index (χ1v) is 12.2. The van der Waals surface area contributed by atoms with E-state index in [1.165, 1.54) is 12.3 Å². The Morgan fingerprint density at radius 3 is 2.33 bits per heavy atom. The van der Waals surface area contributed by atoms with Crippen molar-refractivity contribution >= 4 is 47.1 Å². The van der Waals surface area contributed by atoms with Crippen LogP contribution in [0.25, 0.3) is 0 Å². The van der Waals surface area contributed by atoms with Crippen molar-refractivity contribution in [1.29, 1.82) is 0 Å². The number of aromatic nitrogens is 1. The molecule has 2 aromatic rings. The fourth-order valence-electron chi connectivity index (χ4n) is 3.15. The summed E-state index contributed by atoms with van der Waals surface area (Å²) in [5.41, 5.74) is 3.21. The van der Waals surface area contributed by atoms with Gasteiger partial charge in [0.25, 0.3) is 11.8 Å². The van der Waals surface area contributed by atoms with Crippen LogP contribution in [0.1, 0.15) is 39.7 Å². The number of benzene rings is 1. The predicted octanol–water partition coefficient (Wildman–Crippen LogP) is 3.59. The molecule has 0 radical (unpaired) electrons. The summed E-state index contributed by atoms with van der Waals surface area (Å²) in [5, 5.41) is 10.1. The van der Waals surface area contributed by atoms with Gasteiger partial charge >= 0.3 is 0 Å². The fraction of sp³-hybridized carbons (Fsp3) is 0.400. The van der Waals surface area contributed by atoms with Gasteiger partial charge in [-0.2, -0.15) is 5.10 Å². The largest absolute Gasteiger partial charge is 0.482 e. The van der Waals surface area contributed by atoms with E-state index in [4.69, 9.17) is 27.9 Å². The molecule has 1 heterocycles. The molecule has 2 rings (SSSR count). The highest BCUT2D eigenvalue weighted by Crippen LogP contribution is 2.27. The lowest BCUT2D eigenvalue weighted by molar-refractivity contribution is -0.133. The zero-order valence-electron chi connectivity index (χ0n) is 20.6. The summed E-state index contributed by atoms with van der Waals surface area (Å²) in [6, 6.07) is 6.40. The lowest BCUT2D eigenvalue weighted by Gasteiger charge is -2.25. The monoisotopic (exact) mass is 535 g/mol. The van der Waals surface area contributed by atoms with Crippen molar-refractivity contribution in [1.82, 2.24) is 21.0 Å². The molecule has 2 unspecified atom stereocenters. The summed E-state index contributed by atoms with van der Waals surface area (Å²) in [6.07, 6.45) is 5.07. The third-order valence-electron chi connectivity index (χ3n) is 4.95. The van der Waals surface area contributed by atoms with Gasteiger partial charge in [0.15, 0.2) is 6.61 Å². The third kappa shape index (κ3) is 9.83. The zero-order chi connectivity index (χ0) is 26.7. The molecule has 0 aliphatic heterocycles. The molecule has 2 atom stereocenters. The van der Waals surface area contributed by atoms with Gasteiger partial charge in [0, 0.05) is 17.4 Å². The summed E-state index contributed by atoms with van der Waals surface area (Å²) in [6.45, 7) is 7.11. The van der Waals surface area contributed by atoms with Crippen LogP contribution in [0.15, 0.2) is 47.8 Å². The Kier molecular flexibility index (Phi) is 11.6. The third-order valence-corrected chi connectivity index (χ3v) is 5.48. The number of hydrogen-bond donors (Lipinski definition) is 3. The first-order chi connectivity index (χ1) is 17.1. The van der Waals surface area contributed by atoms with Crippen molar-refractivity contribution in [3.63, 3.8) is 0 Å². The van der Waals surface area contributed by atoms with E-state index in [1.807, 2.05) is 13.8 Å². The summed E-state index contributed by atoms with van der Waals surface area (Å²) in [4.78, 5) is 42.2. The molecule has 0 spiro atoms. The maximum atomic E-state index is 13.1. The number of amides is 3. The van der Waals surface area contributed by atoms with E-state index in [0.29, 0.717) is 17.2 Å². The van der Waals surface area contributed by atoms with E-state index in [-0.39, 0.29) is 23.5 Å². The molecule has 36 heavy (non-hydrogen) atoms. The van der Waals surface area contributed by atoms with Gasteiger partial charge in [0.05, 0.1) is 11.2 Å². The molecule has 11 heteroatoms. The second-order valence-corrected chi connectivity index (χ2v) is 9.70. The molecule has 0 aliphatic carbocycles. The van der Waals surface area contributed by atoms with Crippen LogP contribution < -0.4 is 20.8 Å². The predicted molar refractivity (Wildman–Crippen MR) is 140 cm³/mol. The second kappa shape index (κ2) is 14.4. The van der Waals surface area contributed by atoms with Gasteiger partial charge in [-0.3, -0.25) is 19.4 Å². The smallest absolute Gasteiger partial charge is 0.262 e. The zero-order valence-corrected chi connectivity index (χ0v) is 22.1. The number of hydrogen-bond acceptors (Lipinski definition) is 6. The molecule has 194 valence electrons. The number of halogens is 2. The lowest BCUT2D eigenvalue weighted by Crippen LogP contribution is -2.55. The Morgan fingerprint density at radius 1 is 1.03 bits per heavy atom. The van der Waals surface area contributed by atoms with Gasteiger partial charge in [-0.15, -0.1) is 0 Å². The average Bonchev–Trinajstić information content (AvgIpc) is 2.81. The Morgan fingerprint density at radius 2 is 1.72 bits per heavy atom. The number of ether oxygens (including phenoxy) is 1. The SMILES string of the molecule is CC(C)CC(NC(=O)COc1ccc(Cl)cc1Cl)C(=O)NC(C(=O)N/N=C/c1ccncc1)C(C)C. The molecular weight excluding hydrogens is 505 g/mol. The van der Waals surface area contributed by atoms with Crippen LogP contribution in [0.3, 0.4) is 0 Å². The van der Waals surface area contributed by atoms with Crippen molar-refractivity contribution in [3.8, 4) is 5.75 Å². The topological polar surface area (TPSA) is 122 Å². The summed E-state index contributed by atoms with van der Waals surface area (Å²) in [7, 11) is 0. The minimum Gasteiger partial charge on any atom is -0.482 e. The molecule has 3 N–H and O–H groups in total. The number of rotatable bonds is 12. The van der Waals surface area contributed by atoms with Crippen LogP contribution in [0.2, 0.25) is 10.0 Å². The first kappa shape index (κ1) is 29.1. The Balaban J connectivity index is 1.99. The Hall–Kier alpha value is -3.17. The van der Waals surface area contributed by atoms with E-state index in [2.05, 4.69) is 26.1 Å². The molecular formula is C25H31Cl2N5O4. The highest BCUT2D eigenvalue weighted by atomic mass is 35.5. The van der Waals surface area contributed by atoms with Crippen LogP contribution in [-0.4, -0.2) is 47.6 Å². The minimum atomic E-state index is -0.865. The molecule has 1 aromatic carbocycles. The van der Waals surface area contributed by atoms with E-state index >= 15 is 0 Å². The molecule has 0 bridgehead atoms. The highest BCUT2D eigenvalue weighted by molar-refractivity contribution is 6.35. The van der Waals surface area contributed by atoms with E-state index in [1.54, 1.807) is 50.5 Å². The molecule has 0 saturated heterocycles. The first-order valence-electron chi connectivity index (χ1n) is 11.5. The van der Waals surface area contributed by atoms with Crippen molar-refractivity contribution in [2.45, 2.75) is 46.2 Å². The Labute approximate surface area is 221 Å². The maximum Gasteiger partial charge on any atom is 0.262 e. The van der Waals surface area contributed by atoms with Gasteiger partial charge in [0.1, 0.15) is 17.8 Å². The second-order valence-electron chi connectivity index (χ2n) is 8.86. The van der Waals surface area contributed by atoms with Crippen LogP contribution in [0.4, 0.5) is 0 Å². The van der Waals surface area contributed by atoms with E-state index in [9.17, 15) is 14.4 Å². The minimum absolute atomic E-state index is 0.101. The average molecular weight is 536 g/mol. The molecule has 9 nitrogen and oxygen atoms in total. The normalized spacial score (nSPS) is 12.9. The van der Waals surface area contributed by atoms with Crippen molar-refractivity contribution in [2.75, 3.05) is 6.61 Å². The van der Waals surface area contributed by atoms with Gasteiger partial charge < -0.3 is 15.4 Å². The fourth-order valence-corrected chi connectivity index (χ4v) is 3.62. The van der Waals surface area contributed by atoms with Gasteiger partial charge in [0.2, 0.25) is 5.91 Å². The van der Waals surface area contributed by atoms with Gasteiger partial charge in [-0.05, 0) is 54.2 Å². The van der Waals surface area contributed by atoms with E-state index in [0.717, 1.165) is 5.56 Å². The maximum absolute atomic E-state index is 13.1. The molecule has 0 fully saturated rings. The van der Waals surface area contributed by atoms with Crippen LogP contribution >= 0.6 is 23.2 Å². The summed E-state index contributed by atoms with van der Waals surface area (Å²) >= 11 is 11.9. The highest BCUT2D eigenvalue weighted by Gasteiger charge is 2.29. The van der Waals surface area contributed by atoms with E-state index < -0.39 is 29.8 Å². The van der Waals surface area contributed by atoms with Crippen molar-refractivity contribution < 1.29 is 19.1 Å². The quantitative estimate of drug-likeness (QED) is 0.283. The lowest BCUT2D eigenvalue weighted by atomic mass is 10.00. The number of hydrazone groups is 1. The number of nitrogens with one attached hydrogen (secondary N) is 3. The number of carbonyl (C=O) groups is 3.